The fourth-order valence-corrected chi connectivity index (χ4v) is 2.01. The minimum atomic E-state index is 0.115. The van der Waals surface area contributed by atoms with Gasteiger partial charge in [0.15, 0.2) is 0 Å². The Morgan fingerprint density at radius 3 is 2.27 bits per heavy atom. The highest BCUT2D eigenvalue weighted by Crippen LogP contribution is 2.32. The van der Waals surface area contributed by atoms with Crippen LogP contribution in [0.2, 0.25) is 0 Å². The number of benzene rings is 1. The van der Waals surface area contributed by atoms with E-state index >= 15 is 0 Å². The molecule has 0 aromatic heterocycles. The summed E-state index contributed by atoms with van der Waals surface area (Å²) in [6, 6.07) is 4.19. The number of hydrogen-bond acceptors (Lipinski definition) is 2. The molecule has 0 aliphatic rings. The molecule has 0 spiro atoms. The predicted molar refractivity (Wildman–Crippen MR) is 69.3 cm³/mol. The molecule has 15 heavy (non-hydrogen) atoms. The van der Waals surface area contributed by atoms with E-state index in [2.05, 4.69) is 46.4 Å². The maximum absolute atomic E-state index is 5.31. The summed E-state index contributed by atoms with van der Waals surface area (Å²) in [6.45, 7) is 8.69. The lowest BCUT2D eigenvalue weighted by Crippen LogP contribution is -2.21. The maximum Gasteiger partial charge on any atom is 0.122 e. The number of methoxy groups -OCH3 is 1. The largest absolute Gasteiger partial charge is 0.496 e. The van der Waals surface area contributed by atoms with E-state index in [0.29, 0.717) is 0 Å². The summed E-state index contributed by atoms with van der Waals surface area (Å²) < 4.78 is 5.31. The van der Waals surface area contributed by atoms with Crippen LogP contribution in [0.15, 0.2) is 12.1 Å². The van der Waals surface area contributed by atoms with Gasteiger partial charge in [0.2, 0.25) is 0 Å². The minimum absolute atomic E-state index is 0.115. The lowest BCUT2D eigenvalue weighted by Gasteiger charge is -2.26. The Morgan fingerprint density at radius 2 is 1.80 bits per heavy atom. The van der Waals surface area contributed by atoms with Crippen LogP contribution in [-0.4, -0.2) is 12.9 Å². The molecule has 1 aromatic rings. The number of ether oxygens (including phenoxy) is 1. The highest BCUT2D eigenvalue weighted by Gasteiger charge is 2.22. The molecular weight excluding hydrogens is 204 g/mol. The van der Waals surface area contributed by atoms with E-state index in [0.717, 1.165) is 11.5 Å². The maximum atomic E-state index is 5.31. The molecule has 0 N–H and O–H groups in total. The van der Waals surface area contributed by atoms with Crippen molar-refractivity contribution < 1.29 is 4.74 Å². The van der Waals surface area contributed by atoms with Gasteiger partial charge in [-0.1, -0.05) is 19.9 Å². The number of rotatable bonds is 3. The molecule has 84 valence electrons. The second-order valence-corrected chi connectivity index (χ2v) is 4.92. The lowest BCUT2D eigenvalue weighted by atomic mass is 9.82. The Kier molecular flexibility index (Phi) is 3.72. The van der Waals surface area contributed by atoms with Gasteiger partial charge in [-0.3, -0.25) is 0 Å². The first kappa shape index (κ1) is 12.4. The Labute approximate surface area is 98.3 Å². The van der Waals surface area contributed by atoms with Crippen molar-refractivity contribution in [2.24, 2.45) is 0 Å². The summed E-state index contributed by atoms with van der Waals surface area (Å²) in [5, 5.41) is 0. The fourth-order valence-electron chi connectivity index (χ4n) is 1.84. The van der Waals surface area contributed by atoms with Crippen LogP contribution < -0.4 is 4.74 Å². The predicted octanol–water partition coefficient (Wildman–Crippen LogP) is 3.52. The molecule has 0 aliphatic carbocycles. The van der Waals surface area contributed by atoms with E-state index in [1.54, 1.807) is 7.11 Å². The van der Waals surface area contributed by atoms with Gasteiger partial charge in [0.05, 0.1) is 7.11 Å². The normalized spacial score (nSPS) is 11.6. The van der Waals surface area contributed by atoms with Crippen LogP contribution in [0.5, 0.6) is 5.75 Å². The van der Waals surface area contributed by atoms with E-state index in [-0.39, 0.29) is 5.41 Å². The molecular formula is C13H20OS. The van der Waals surface area contributed by atoms with E-state index in [1.165, 1.54) is 16.7 Å². The first-order chi connectivity index (χ1) is 6.94. The van der Waals surface area contributed by atoms with Crippen LogP contribution in [-0.2, 0) is 5.41 Å². The molecule has 0 heterocycles. The molecule has 0 aliphatic heterocycles. The Balaban J connectivity index is 3.29. The second-order valence-electron chi connectivity index (χ2n) is 4.61. The van der Waals surface area contributed by atoms with Crippen molar-refractivity contribution in [3.63, 3.8) is 0 Å². The molecule has 0 fully saturated rings. The first-order valence-corrected chi connectivity index (χ1v) is 5.83. The summed E-state index contributed by atoms with van der Waals surface area (Å²) in [5.41, 5.74) is 4.01. The van der Waals surface area contributed by atoms with Gasteiger partial charge in [-0.05, 0) is 47.8 Å². The standard InChI is InChI=1S/C13H20OS/c1-9-10(2)12(14-5)7-6-11(9)13(3,4)8-15/h6-7,15H,8H2,1-5H3. The van der Waals surface area contributed by atoms with Gasteiger partial charge < -0.3 is 4.74 Å². The Morgan fingerprint density at radius 1 is 1.20 bits per heavy atom. The van der Waals surface area contributed by atoms with Crippen LogP contribution >= 0.6 is 12.6 Å². The van der Waals surface area contributed by atoms with Gasteiger partial charge in [-0.2, -0.15) is 12.6 Å². The molecule has 0 unspecified atom stereocenters. The van der Waals surface area contributed by atoms with E-state index < -0.39 is 0 Å². The second kappa shape index (κ2) is 4.48. The van der Waals surface area contributed by atoms with Crippen molar-refractivity contribution in [1.29, 1.82) is 0 Å². The third-order valence-corrected chi connectivity index (χ3v) is 3.87. The van der Waals surface area contributed by atoms with E-state index in [9.17, 15) is 0 Å². The van der Waals surface area contributed by atoms with Crippen LogP contribution in [0.25, 0.3) is 0 Å². The van der Waals surface area contributed by atoms with Crippen LogP contribution in [0.4, 0.5) is 0 Å². The molecule has 0 bridgehead atoms. The zero-order chi connectivity index (χ0) is 11.6. The molecule has 1 rings (SSSR count). The Hall–Kier alpha value is -0.630. The molecule has 0 saturated heterocycles. The van der Waals surface area contributed by atoms with Gasteiger partial charge in [-0.15, -0.1) is 0 Å². The van der Waals surface area contributed by atoms with Crippen molar-refractivity contribution in [3.05, 3.63) is 28.8 Å². The quantitative estimate of drug-likeness (QED) is 0.773. The van der Waals surface area contributed by atoms with E-state index in [1.807, 2.05) is 6.07 Å². The van der Waals surface area contributed by atoms with Gasteiger partial charge >= 0.3 is 0 Å². The summed E-state index contributed by atoms with van der Waals surface area (Å²) >= 11 is 4.41. The Bertz CT molecular complexity index is 356. The average Bonchev–Trinajstić information content (AvgIpc) is 2.21. The zero-order valence-corrected chi connectivity index (χ0v) is 11.1. The van der Waals surface area contributed by atoms with Gasteiger partial charge in [0.1, 0.15) is 5.75 Å². The summed E-state index contributed by atoms with van der Waals surface area (Å²) in [4.78, 5) is 0. The van der Waals surface area contributed by atoms with Gasteiger partial charge in [-0.25, -0.2) is 0 Å². The van der Waals surface area contributed by atoms with Crippen molar-refractivity contribution >= 4 is 12.6 Å². The van der Waals surface area contributed by atoms with Crippen molar-refractivity contribution in [3.8, 4) is 5.75 Å². The van der Waals surface area contributed by atoms with Crippen molar-refractivity contribution in [2.75, 3.05) is 12.9 Å². The van der Waals surface area contributed by atoms with Crippen molar-refractivity contribution in [2.45, 2.75) is 33.1 Å². The molecule has 2 heteroatoms. The SMILES string of the molecule is COc1ccc(C(C)(C)CS)c(C)c1C. The number of thiol groups is 1. The van der Waals surface area contributed by atoms with Gasteiger partial charge in [0, 0.05) is 0 Å². The molecule has 0 saturated carbocycles. The highest BCUT2D eigenvalue weighted by molar-refractivity contribution is 7.80. The monoisotopic (exact) mass is 224 g/mol. The van der Waals surface area contributed by atoms with E-state index in [4.69, 9.17) is 4.74 Å². The van der Waals surface area contributed by atoms with Crippen LogP contribution in [0.1, 0.15) is 30.5 Å². The molecule has 1 aromatic carbocycles. The first-order valence-electron chi connectivity index (χ1n) is 5.19. The summed E-state index contributed by atoms with van der Waals surface area (Å²) in [6.07, 6.45) is 0. The number of hydrogen-bond donors (Lipinski definition) is 1. The average molecular weight is 224 g/mol. The van der Waals surface area contributed by atoms with Crippen LogP contribution in [0, 0.1) is 13.8 Å². The molecule has 0 amide bonds. The summed E-state index contributed by atoms with van der Waals surface area (Å²) in [5.74, 6) is 1.81. The molecule has 1 nitrogen and oxygen atoms in total. The molecule has 0 radical (unpaired) electrons. The highest BCUT2D eigenvalue weighted by atomic mass is 32.1. The smallest absolute Gasteiger partial charge is 0.122 e. The molecule has 0 atom stereocenters. The van der Waals surface area contributed by atoms with Gasteiger partial charge in [0.25, 0.3) is 0 Å². The lowest BCUT2D eigenvalue weighted by molar-refractivity contribution is 0.410. The minimum Gasteiger partial charge on any atom is -0.496 e. The third-order valence-electron chi connectivity index (χ3n) is 3.08. The van der Waals surface area contributed by atoms with Crippen LogP contribution in [0.3, 0.4) is 0 Å². The fraction of sp³-hybridized carbons (Fsp3) is 0.538. The topological polar surface area (TPSA) is 9.23 Å². The van der Waals surface area contributed by atoms with Crippen molar-refractivity contribution in [1.82, 2.24) is 0 Å². The zero-order valence-electron chi connectivity index (χ0n) is 10.2. The third kappa shape index (κ3) is 2.31. The summed E-state index contributed by atoms with van der Waals surface area (Å²) in [7, 11) is 1.71.